The van der Waals surface area contributed by atoms with E-state index in [1.807, 2.05) is 0 Å². The molecule has 0 spiro atoms. The first-order valence-corrected chi connectivity index (χ1v) is 4.28. The maximum absolute atomic E-state index is 13.3. The third-order valence-electron chi connectivity index (χ3n) is 2.01. The molecule has 2 rings (SSSR count). The highest BCUT2D eigenvalue weighted by Gasteiger charge is 2.14. The van der Waals surface area contributed by atoms with Crippen LogP contribution >= 0.6 is 0 Å². The lowest BCUT2D eigenvalue weighted by molar-refractivity contribution is 0.449. The van der Waals surface area contributed by atoms with Gasteiger partial charge in [-0.3, -0.25) is 4.79 Å². The maximum Gasteiger partial charge on any atom is 0.264 e. The molecule has 0 aliphatic heterocycles. The normalized spacial score (nSPS) is 10.4. The minimum absolute atomic E-state index is 0.0835. The van der Waals surface area contributed by atoms with Crippen molar-refractivity contribution < 1.29 is 13.2 Å². The van der Waals surface area contributed by atoms with Crippen molar-refractivity contribution in [3.63, 3.8) is 0 Å². The number of aromatic nitrogens is 2. The second kappa shape index (κ2) is 3.80. The highest BCUT2D eigenvalue weighted by atomic mass is 19.2. The topological polar surface area (TPSA) is 45.8 Å². The van der Waals surface area contributed by atoms with E-state index in [-0.39, 0.29) is 11.1 Å². The Kier molecular flexibility index (Phi) is 2.47. The van der Waals surface area contributed by atoms with Crippen LogP contribution in [0.4, 0.5) is 13.2 Å². The van der Waals surface area contributed by atoms with Gasteiger partial charge in [0.05, 0.1) is 6.20 Å². The van der Waals surface area contributed by atoms with Crippen LogP contribution in [0.15, 0.2) is 29.2 Å². The van der Waals surface area contributed by atoms with Gasteiger partial charge in [0.15, 0.2) is 17.5 Å². The van der Waals surface area contributed by atoms with Crippen LogP contribution in [-0.4, -0.2) is 10.2 Å². The Balaban J connectivity index is 2.66. The SMILES string of the molecule is O=c1cc(-c2ccc(F)c(F)c2F)cn[nH]1. The molecule has 0 atom stereocenters. The molecule has 0 saturated carbocycles. The summed E-state index contributed by atoms with van der Waals surface area (Å²) in [6.45, 7) is 0. The van der Waals surface area contributed by atoms with Crippen molar-refractivity contribution in [2.45, 2.75) is 0 Å². The van der Waals surface area contributed by atoms with Gasteiger partial charge >= 0.3 is 0 Å². The number of nitrogens with zero attached hydrogens (tertiary/aromatic N) is 1. The van der Waals surface area contributed by atoms with Gasteiger partial charge in [0.25, 0.3) is 5.56 Å². The largest absolute Gasteiger partial charge is 0.268 e. The van der Waals surface area contributed by atoms with Crippen molar-refractivity contribution in [3.8, 4) is 11.1 Å². The van der Waals surface area contributed by atoms with E-state index in [0.29, 0.717) is 0 Å². The second-order valence-corrected chi connectivity index (χ2v) is 3.06. The fourth-order valence-corrected chi connectivity index (χ4v) is 1.27. The summed E-state index contributed by atoms with van der Waals surface area (Å²) in [4.78, 5) is 10.9. The van der Waals surface area contributed by atoms with Crippen molar-refractivity contribution in [1.82, 2.24) is 10.2 Å². The Morgan fingerprint density at radius 3 is 2.56 bits per heavy atom. The van der Waals surface area contributed by atoms with Crippen molar-refractivity contribution in [3.05, 3.63) is 52.2 Å². The third-order valence-corrected chi connectivity index (χ3v) is 2.01. The summed E-state index contributed by atoms with van der Waals surface area (Å²) >= 11 is 0. The molecule has 0 aliphatic carbocycles. The summed E-state index contributed by atoms with van der Waals surface area (Å²) in [5.41, 5.74) is -0.681. The minimum Gasteiger partial charge on any atom is -0.268 e. The van der Waals surface area contributed by atoms with Crippen molar-refractivity contribution in [2.24, 2.45) is 0 Å². The lowest BCUT2D eigenvalue weighted by Crippen LogP contribution is -2.06. The molecule has 1 aromatic carbocycles. The van der Waals surface area contributed by atoms with Crippen molar-refractivity contribution >= 4 is 0 Å². The Labute approximate surface area is 87.6 Å². The van der Waals surface area contributed by atoms with E-state index in [0.717, 1.165) is 24.4 Å². The summed E-state index contributed by atoms with van der Waals surface area (Å²) < 4.78 is 38.9. The summed E-state index contributed by atoms with van der Waals surface area (Å²) in [6.07, 6.45) is 1.15. The number of hydrogen-bond donors (Lipinski definition) is 1. The van der Waals surface area contributed by atoms with Gasteiger partial charge in [-0.15, -0.1) is 0 Å². The molecule has 0 fully saturated rings. The molecule has 0 aliphatic rings. The molecule has 0 amide bonds. The molecule has 6 heteroatoms. The smallest absolute Gasteiger partial charge is 0.264 e. The lowest BCUT2D eigenvalue weighted by atomic mass is 10.1. The summed E-state index contributed by atoms with van der Waals surface area (Å²) in [5, 5.41) is 5.52. The van der Waals surface area contributed by atoms with E-state index in [1.165, 1.54) is 0 Å². The first-order valence-electron chi connectivity index (χ1n) is 4.28. The molecule has 16 heavy (non-hydrogen) atoms. The van der Waals surface area contributed by atoms with Crippen LogP contribution in [0.3, 0.4) is 0 Å². The quantitative estimate of drug-likeness (QED) is 0.754. The van der Waals surface area contributed by atoms with E-state index in [1.54, 1.807) is 0 Å². The van der Waals surface area contributed by atoms with E-state index in [4.69, 9.17) is 0 Å². The number of rotatable bonds is 1. The monoisotopic (exact) mass is 226 g/mol. The highest BCUT2D eigenvalue weighted by Crippen LogP contribution is 2.23. The number of benzene rings is 1. The standard InChI is InChI=1S/C10H5F3N2O/c11-7-2-1-6(9(12)10(7)13)5-3-8(16)15-14-4-5/h1-4H,(H,15,16). The van der Waals surface area contributed by atoms with Crippen LogP contribution in [0, 0.1) is 17.5 Å². The van der Waals surface area contributed by atoms with Gasteiger partial charge in [0.1, 0.15) is 0 Å². The molecule has 1 heterocycles. The number of aromatic amines is 1. The predicted octanol–water partition coefficient (Wildman–Crippen LogP) is 1.85. The summed E-state index contributed by atoms with van der Waals surface area (Å²) in [6, 6.07) is 2.88. The molecule has 82 valence electrons. The first kappa shape index (κ1) is 10.4. The third kappa shape index (κ3) is 1.69. The average molecular weight is 226 g/mol. The highest BCUT2D eigenvalue weighted by molar-refractivity contribution is 5.62. The van der Waals surface area contributed by atoms with E-state index < -0.39 is 23.0 Å². The van der Waals surface area contributed by atoms with Crippen LogP contribution in [-0.2, 0) is 0 Å². The van der Waals surface area contributed by atoms with Gasteiger partial charge in [0, 0.05) is 17.2 Å². The fraction of sp³-hybridized carbons (Fsp3) is 0. The van der Waals surface area contributed by atoms with Crippen LogP contribution in [0.1, 0.15) is 0 Å². The Morgan fingerprint density at radius 1 is 1.12 bits per heavy atom. The van der Waals surface area contributed by atoms with Crippen molar-refractivity contribution in [2.75, 3.05) is 0 Å². The van der Waals surface area contributed by atoms with Crippen molar-refractivity contribution in [1.29, 1.82) is 0 Å². The summed E-state index contributed by atoms with van der Waals surface area (Å²) in [5.74, 6) is -4.19. The maximum atomic E-state index is 13.3. The molecule has 0 radical (unpaired) electrons. The molecule has 1 N–H and O–H groups in total. The zero-order valence-electron chi connectivity index (χ0n) is 7.80. The average Bonchev–Trinajstić information content (AvgIpc) is 2.26. The number of hydrogen-bond acceptors (Lipinski definition) is 2. The van der Waals surface area contributed by atoms with E-state index in [2.05, 4.69) is 10.2 Å². The van der Waals surface area contributed by atoms with Gasteiger partial charge in [-0.05, 0) is 12.1 Å². The zero-order valence-corrected chi connectivity index (χ0v) is 7.80. The lowest BCUT2D eigenvalue weighted by Gasteiger charge is -2.03. The molecular formula is C10H5F3N2O. The van der Waals surface area contributed by atoms with Gasteiger partial charge in [-0.25, -0.2) is 18.3 Å². The second-order valence-electron chi connectivity index (χ2n) is 3.06. The number of halogens is 3. The molecule has 0 saturated heterocycles. The van der Waals surface area contributed by atoms with Gasteiger partial charge in [0.2, 0.25) is 0 Å². The fourth-order valence-electron chi connectivity index (χ4n) is 1.27. The molecular weight excluding hydrogens is 221 g/mol. The number of H-pyrrole nitrogens is 1. The van der Waals surface area contributed by atoms with E-state index >= 15 is 0 Å². The van der Waals surface area contributed by atoms with Gasteiger partial charge < -0.3 is 0 Å². The Morgan fingerprint density at radius 2 is 1.88 bits per heavy atom. The van der Waals surface area contributed by atoms with Crippen LogP contribution in [0.5, 0.6) is 0 Å². The van der Waals surface area contributed by atoms with Gasteiger partial charge in [-0.2, -0.15) is 5.10 Å². The predicted molar refractivity (Wildman–Crippen MR) is 50.2 cm³/mol. The molecule has 3 nitrogen and oxygen atoms in total. The number of nitrogens with one attached hydrogen (secondary N) is 1. The zero-order chi connectivity index (χ0) is 11.7. The van der Waals surface area contributed by atoms with Crippen LogP contribution < -0.4 is 5.56 Å². The first-order chi connectivity index (χ1) is 7.59. The molecule has 0 unspecified atom stereocenters. The molecule has 2 aromatic rings. The summed E-state index contributed by atoms with van der Waals surface area (Å²) in [7, 11) is 0. The molecule has 0 bridgehead atoms. The van der Waals surface area contributed by atoms with Crippen LogP contribution in [0.2, 0.25) is 0 Å². The Bertz CT molecular complexity index is 595. The van der Waals surface area contributed by atoms with E-state index in [9.17, 15) is 18.0 Å². The minimum atomic E-state index is -1.57. The van der Waals surface area contributed by atoms with Crippen LogP contribution in [0.25, 0.3) is 11.1 Å². The molecule has 1 aromatic heterocycles. The Hall–Kier alpha value is -2.11. The van der Waals surface area contributed by atoms with Gasteiger partial charge in [-0.1, -0.05) is 0 Å².